The van der Waals surface area contributed by atoms with Gasteiger partial charge in [0.1, 0.15) is 11.5 Å². The fourth-order valence-corrected chi connectivity index (χ4v) is 2.17. The first-order valence-corrected chi connectivity index (χ1v) is 7.07. The zero-order valence-corrected chi connectivity index (χ0v) is 13.2. The van der Waals surface area contributed by atoms with Crippen molar-refractivity contribution in [3.63, 3.8) is 0 Å². The summed E-state index contributed by atoms with van der Waals surface area (Å²) < 4.78 is 43.0. The molecule has 0 radical (unpaired) electrons. The van der Waals surface area contributed by atoms with Crippen molar-refractivity contribution in [2.75, 3.05) is 7.11 Å². The highest BCUT2D eigenvalue weighted by atomic mass is 35.5. The molecule has 0 atom stereocenters. The third-order valence-corrected chi connectivity index (χ3v) is 3.53. The number of hydrogen-bond donors (Lipinski definition) is 1. The highest BCUT2D eigenvalue weighted by Gasteiger charge is 2.31. The Kier molecular flexibility index (Phi) is 5.19. The van der Waals surface area contributed by atoms with Gasteiger partial charge in [0.15, 0.2) is 5.78 Å². The van der Waals surface area contributed by atoms with Crippen molar-refractivity contribution in [2.24, 2.45) is 0 Å². The second-order valence-corrected chi connectivity index (χ2v) is 5.20. The van der Waals surface area contributed by atoms with E-state index in [1.807, 2.05) is 0 Å². The molecular weight excluding hydrogens is 345 g/mol. The first-order valence-electron chi connectivity index (χ1n) is 6.69. The first-order chi connectivity index (χ1) is 11.2. The average molecular weight is 357 g/mol. The molecule has 24 heavy (non-hydrogen) atoms. The van der Waals surface area contributed by atoms with Crippen LogP contribution in [0.4, 0.5) is 13.2 Å². The van der Waals surface area contributed by atoms with E-state index in [1.165, 1.54) is 37.5 Å². The van der Waals surface area contributed by atoms with E-state index in [1.54, 1.807) is 0 Å². The lowest BCUT2D eigenvalue weighted by Crippen LogP contribution is -2.05. The largest absolute Gasteiger partial charge is 0.506 e. The van der Waals surface area contributed by atoms with Crippen LogP contribution >= 0.6 is 11.6 Å². The minimum absolute atomic E-state index is 0.00960. The highest BCUT2D eigenvalue weighted by molar-refractivity contribution is 6.32. The Morgan fingerprint density at radius 3 is 2.58 bits per heavy atom. The van der Waals surface area contributed by atoms with Crippen molar-refractivity contribution in [3.05, 3.63) is 64.2 Å². The van der Waals surface area contributed by atoms with Crippen LogP contribution in [0.2, 0.25) is 5.02 Å². The lowest BCUT2D eigenvalue weighted by Gasteiger charge is -2.10. The van der Waals surface area contributed by atoms with Crippen molar-refractivity contribution in [1.82, 2.24) is 0 Å². The molecule has 0 aliphatic rings. The predicted molar refractivity (Wildman–Crippen MR) is 84.5 cm³/mol. The van der Waals surface area contributed by atoms with Crippen molar-refractivity contribution >= 4 is 23.5 Å². The Balaban J connectivity index is 2.32. The summed E-state index contributed by atoms with van der Waals surface area (Å²) in [5.41, 5.74) is -0.569. The standard InChI is InChI=1S/C17H12ClF3O3/c1-24-15-9-11(17(19,20)21)7-5-10(15)6-8-14(22)12-3-2-4-13(18)16(12)23/h2-9,23H,1H3/b8-6+. The molecule has 0 heterocycles. The number of alkyl halides is 3. The molecule has 0 saturated carbocycles. The number of halogens is 4. The summed E-state index contributed by atoms with van der Waals surface area (Å²) >= 11 is 5.73. The number of ether oxygens (including phenoxy) is 1. The SMILES string of the molecule is COc1cc(C(F)(F)F)ccc1/C=C/C(=O)c1cccc(Cl)c1O. The molecule has 0 aromatic heterocycles. The molecule has 0 aliphatic heterocycles. The molecule has 0 spiro atoms. The van der Waals surface area contributed by atoms with Crippen LogP contribution < -0.4 is 4.74 Å². The van der Waals surface area contributed by atoms with E-state index in [0.29, 0.717) is 5.56 Å². The van der Waals surface area contributed by atoms with Crippen molar-refractivity contribution in [3.8, 4) is 11.5 Å². The van der Waals surface area contributed by atoms with E-state index in [2.05, 4.69) is 0 Å². The summed E-state index contributed by atoms with van der Waals surface area (Å²) in [4.78, 5) is 12.1. The summed E-state index contributed by atoms with van der Waals surface area (Å²) in [7, 11) is 1.23. The van der Waals surface area contributed by atoms with Crippen LogP contribution in [0, 0.1) is 0 Å². The van der Waals surface area contributed by atoms with Crippen molar-refractivity contribution in [1.29, 1.82) is 0 Å². The Hall–Kier alpha value is -2.47. The summed E-state index contributed by atoms with van der Waals surface area (Å²) in [5.74, 6) is -0.922. The summed E-state index contributed by atoms with van der Waals surface area (Å²) in [5, 5.41) is 9.78. The Bertz CT molecular complexity index is 798. The molecule has 7 heteroatoms. The van der Waals surface area contributed by atoms with Gasteiger partial charge in [-0.1, -0.05) is 23.7 Å². The molecule has 2 aromatic rings. The number of benzene rings is 2. The summed E-state index contributed by atoms with van der Waals surface area (Å²) in [6.07, 6.45) is -2.06. The summed E-state index contributed by atoms with van der Waals surface area (Å²) in [6, 6.07) is 7.25. The first kappa shape index (κ1) is 17.9. The molecule has 3 nitrogen and oxygen atoms in total. The van der Waals surface area contributed by atoms with Gasteiger partial charge in [-0.05, 0) is 36.4 Å². The van der Waals surface area contributed by atoms with E-state index in [9.17, 15) is 23.1 Å². The zero-order chi connectivity index (χ0) is 17.9. The molecule has 0 amide bonds. The van der Waals surface area contributed by atoms with Crippen molar-refractivity contribution in [2.45, 2.75) is 6.18 Å². The van der Waals surface area contributed by atoms with Gasteiger partial charge in [0.2, 0.25) is 0 Å². The molecule has 126 valence electrons. The number of ketones is 1. The van der Waals surface area contributed by atoms with Gasteiger partial charge in [0.05, 0.1) is 23.3 Å². The minimum atomic E-state index is -4.49. The number of aromatic hydroxyl groups is 1. The maximum absolute atomic E-state index is 12.7. The van der Waals surface area contributed by atoms with E-state index in [0.717, 1.165) is 18.2 Å². The van der Waals surface area contributed by atoms with Gasteiger partial charge in [-0.2, -0.15) is 13.2 Å². The quantitative estimate of drug-likeness (QED) is 0.621. The maximum atomic E-state index is 12.7. The second kappa shape index (κ2) is 6.97. The molecule has 0 unspecified atom stereocenters. The van der Waals surface area contributed by atoms with Crippen LogP contribution in [0.5, 0.6) is 11.5 Å². The fourth-order valence-electron chi connectivity index (χ4n) is 1.99. The smallest absolute Gasteiger partial charge is 0.416 e. The number of methoxy groups -OCH3 is 1. The summed E-state index contributed by atoms with van der Waals surface area (Å²) in [6.45, 7) is 0. The van der Waals surface area contributed by atoms with Gasteiger partial charge >= 0.3 is 6.18 Å². The van der Waals surface area contributed by atoms with Crippen molar-refractivity contribution < 1.29 is 27.8 Å². The number of phenolic OH excluding ortho intramolecular Hbond substituents is 1. The number of rotatable bonds is 4. The van der Waals surface area contributed by atoms with Crippen LogP contribution in [-0.4, -0.2) is 18.0 Å². The van der Waals surface area contributed by atoms with Gasteiger partial charge in [0.25, 0.3) is 0 Å². The van der Waals surface area contributed by atoms with Gasteiger partial charge in [-0.3, -0.25) is 4.79 Å². The Morgan fingerprint density at radius 1 is 1.25 bits per heavy atom. The van der Waals surface area contributed by atoms with Gasteiger partial charge in [-0.25, -0.2) is 0 Å². The van der Waals surface area contributed by atoms with Crippen LogP contribution in [0.1, 0.15) is 21.5 Å². The molecule has 2 aromatic carbocycles. The molecule has 2 rings (SSSR count). The number of phenols is 1. The highest BCUT2D eigenvalue weighted by Crippen LogP contribution is 2.33. The number of allylic oxidation sites excluding steroid dienone is 1. The zero-order valence-electron chi connectivity index (χ0n) is 12.4. The number of carbonyl (C=O) groups excluding carboxylic acids is 1. The van der Waals surface area contributed by atoms with Crippen LogP contribution in [0.15, 0.2) is 42.5 Å². The molecule has 0 fully saturated rings. The molecule has 0 bridgehead atoms. The van der Waals surface area contributed by atoms with Crippen LogP contribution in [-0.2, 0) is 6.18 Å². The number of carbonyl (C=O) groups is 1. The Morgan fingerprint density at radius 2 is 1.96 bits per heavy atom. The van der Waals surface area contributed by atoms with Crippen LogP contribution in [0.3, 0.4) is 0 Å². The maximum Gasteiger partial charge on any atom is 0.416 e. The van der Waals surface area contributed by atoms with Crippen LogP contribution in [0.25, 0.3) is 6.08 Å². The molecule has 0 saturated heterocycles. The Labute approximate surface area is 140 Å². The second-order valence-electron chi connectivity index (χ2n) is 4.79. The average Bonchev–Trinajstić information content (AvgIpc) is 2.54. The molecular formula is C17H12ClF3O3. The third-order valence-electron chi connectivity index (χ3n) is 3.23. The minimum Gasteiger partial charge on any atom is -0.506 e. The van der Waals surface area contributed by atoms with E-state index >= 15 is 0 Å². The van der Waals surface area contributed by atoms with Gasteiger partial charge in [0, 0.05) is 5.56 Å². The number of para-hydroxylation sites is 1. The van der Waals surface area contributed by atoms with E-state index in [-0.39, 0.29) is 22.1 Å². The topological polar surface area (TPSA) is 46.5 Å². The monoisotopic (exact) mass is 356 g/mol. The predicted octanol–water partition coefficient (Wildman–Crippen LogP) is 4.97. The van der Waals surface area contributed by atoms with E-state index in [4.69, 9.17) is 16.3 Å². The molecule has 1 N–H and O–H groups in total. The van der Waals surface area contributed by atoms with E-state index < -0.39 is 17.5 Å². The van der Waals surface area contributed by atoms with Gasteiger partial charge in [-0.15, -0.1) is 0 Å². The lowest BCUT2D eigenvalue weighted by molar-refractivity contribution is -0.137. The van der Waals surface area contributed by atoms with Gasteiger partial charge < -0.3 is 9.84 Å². The molecule has 0 aliphatic carbocycles. The fraction of sp³-hybridized carbons (Fsp3) is 0.118. The number of hydrogen-bond acceptors (Lipinski definition) is 3. The normalized spacial score (nSPS) is 11.7. The lowest BCUT2D eigenvalue weighted by atomic mass is 10.1. The third kappa shape index (κ3) is 3.89.